The van der Waals surface area contributed by atoms with Crippen LogP contribution in [-0.4, -0.2) is 29.6 Å². The van der Waals surface area contributed by atoms with Gasteiger partial charge in [0.15, 0.2) is 0 Å². The van der Waals surface area contributed by atoms with E-state index in [1.54, 1.807) is 14.0 Å². The molecule has 0 bridgehead atoms. The lowest BCUT2D eigenvalue weighted by Gasteiger charge is -2.19. The van der Waals surface area contributed by atoms with E-state index in [0.29, 0.717) is 17.9 Å². The first-order chi connectivity index (χ1) is 7.71. The van der Waals surface area contributed by atoms with Gasteiger partial charge >= 0.3 is 6.18 Å². The predicted octanol–water partition coefficient (Wildman–Crippen LogP) is 1.57. The van der Waals surface area contributed by atoms with Crippen molar-refractivity contribution < 1.29 is 13.2 Å². The molecule has 1 aromatic rings. The molecule has 0 radical (unpaired) electrons. The van der Waals surface area contributed by atoms with Crippen molar-refractivity contribution in [1.29, 1.82) is 5.41 Å². The second-order valence-corrected chi connectivity index (χ2v) is 4.58. The Labute approximate surface area is 100.0 Å². The van der Waals surface area contributed by atoms with Crippen LogP contribution in [0, 0.1) is 11.3 Å². The maximum atomic E-state index is 12.3. The van der Waals surface area contributed by atoms with Crippen molar-refractivity contribution >= 4 is 22.3 Å². The molecular weight excluding hydrogens is 255 g/mol. The zero-order valence-corrected chi connectivity index (χ0v) is 10.1. The third-order valence-electron chi connectivity index (χ3n) is 2.06. The quantitative estimate of drug-likeness (QED) is 0.641. The number of nitrogens with zero attached hydrogens (tertiary/aromatic N) is 3. The first-order valence-electron chi connectivity index (χ1n) is 4.67. The molecule has 1 atom stereocenters. The van der Waals surface area contributed by atoms with Gasteiger partial charge in [-0.25, -0.2) is 0 Å². The molecule has 1 aromatic heterocycles. The largest absolute Gasteiger partial charge is 0.445 e. The minimum absolute atomic E-state index is 0.0163. The van der Waals surface area contributed by atoms with Gasteiger partial charge in [0.2, 0.25) is 10.1 Å². The summed E-state index contributed by atoms with van der Waals surface area (Å²) in [6.07, 6.45) is -4.47. The van der Waals surface area contributed by atoms with Crippen LogP contribution in [0.15, 0.2) is 0 Å². The van der Waals surface area contributed by atoms with Gasteiger partial charge in [0.05, 0.1) is 5.84 Å². The van der Waals surface area contributed by atoms with Crippen molar-refractivity contribution in [2.75, 3.05) is 18.5 Å². The Morgan fingerprint density at radius 3 is 2.53 bits per heavy atom. The zero-order valence-electron chi connectivity index (χ0n) is 9.25. The van der Waals surface area contributed by atoms with E-state index < -0.39 is 11.2 Å². The molecule has 1 rings (SSSR count). The van der Waals surface area contributed by atoms with Gasteiger partial charge in [-0.15, -0.1) is 10.2 Å². The molecule has 0 aliphatic carbocycles. The fourth-order valence-corrected chi connectivity index (χ4v) is 1.75. The molecule has 0 aromatic carbocycles. The van der Waals surface area contributed by atoms with E-state index in [2.05, 4.69) is 10.2 Å². The lowest BCUT2D eigenvalue weighted by atomic mass is 10.1. The summed E-state index contributed by atoms with van der Waals surface area (Å²) in [6.45, 7) is 2.03. The standard InChI is InChI=1S/C8H12F3N5S/c1-4(5(12)13)3-16(2)7-15-14-6(17-7)8(9,10)11/h4H,3H2,1-2H3,(H3,12,13). The van der Waals surface area contributed by atoms with E-state index in [0.717, 1.165) is 0 Å². The minimum atomic E-state index is -4.47. The Kier molecular flexibility index (Phi) is 3.91. The normalized spacial score (nSPS) is 13.5. The van der Waals surface area contributed by atoms with Gasteiger partial charge < -0.3 is 10.6 Å². The summed E-state index contributed by atoms with van der Waals surface area (Å²) in [5.41, 5.74) is 5.28. The van der Waals surface area contributed by atoms with E-state index in [4.69, 9.17) is 11.1 Å². The number of amidine groups is 1. The molecule has 0 saturated carbocycles. The third kappa shape index (κ3) is 3.55. The maximum absolute atomic E-state index is 12.3. The van der Waals surface area contributed by atoms with E-state index in [-0.39, 0.29) is 16.9 Å². The highest BCUT2D eigenvalue weighted by atomic mass is 32.1. The summed E-state index contributed by atoms with van der Waals surface area (Å²) in [7, 11) is 1.58. The summed E-state index contributed by atoms with van der Waals surface area (Å²) < 4.78 is 36.9. The van der Waals surface area contributed by atoms with Crippen LogP contribution < -0.4 is 10.6 Å². The second kappa shape index (κ2) is 4.86. The lowest BCUT2D eigenvalue weighted by molar-refractivity contribution is -0.138. The average molecular weight is 267 g/mol. The van der Waals surface area contributed by atoms with Crippen molar-refractivity contribution in [2.45, 2.75) is 13.1 Å². The van der Waals surface area contributed by atoms with Crippen LogP contribution >= 0.6 is 11.3 Å². The number of hydrogen-bond donors (Lipinski definition) is 2. The van der Waals surface area contributed by atoms with Crippen molar-refractivity contribution in [3.8, 4) is 0 Å². The Morgan fingerprint density at radius 1 is 1.53 bits per heavy atom. The highest BCUT2D eigenvalue weighted by molar-refractivity contribution is 7.15. The summed E-state index contributed by atoms with van der Waals surface area (Å²) in [5, 5.41) is 12.9. The van der Waals surface area contributed by atoms with E-state index >= 15 is 0 Å². The first kappa shape index (κ1) is 13.7. The molecule has 9 heteroatoms. The van der Waals surface area contributed by atoms with E-state index in [1.165, 1.54) is 4.90 Å². The van der Waals surface area contributed by atoms with Crippen LogP contribution in [0.4, 0.5) is 18.3 Å². The van der Waals surface area contributed by atoms with E-state index in [1.807, 2.05) is 0 Å². The van der Waals surface area contributed by atoms with Gasteiger partial charge in [-0.2, -0.15) is 13.2 Å². The fraction of sp³-hybridized carbons (Fsp3) is 0.625. The summed E-state index contributed by atoms with van der Waals surface area (Å²) >= 11 is 0.469. The SMILES string of the molecule is CC(CN(C)c1nnc(C(F)(F)F)s1)C(=N)N. The van der Waals surface area contributed by atoms with Gasteiger partial charge in [0.1, 0.15) is 0 Å². The Bertz CT molecular complexity index is 402. The van der Waals surface area contributed by atoms with Crippen molar-refractivity contribution in [1.82, 2.24) is 10.2 Å². The summed E-state index contributed by atoms with van der Waals surface area (Å²) in [6, 6.07) is 0. The number of halogens is 3. The predicted molar refractivity (Wildman–Crippen MR) is 59.3 cm³/mol. The smallest absolute Gasteiger partial charge is 0.387 e. The molecule has 0 aliphatic rings. The van der Waals surface area contributed by atoms with Crippen LogP contribution in [0.1, 0.15) is 11.9 Å². The van der Waals surface area contributed by atoms with Crippen molar-refractivity contribution in [3.63, 3.8) is 0 Å². The van der Waals surface area contributed by atoms with Gasteiger partial charge in [0, 0.05) is 19.5 Å². The highest BCUT2D eigenvalue weighted by Crippen LogP contribution is 2.34. The molecule has 96 valence electrons. The highest BCUT2D eigenvalue weighted by Gasteiger charge is 2.36. The molecule has 0 amide bonds. The van der Waals surface area contributed by atoms with Crippen molar-refractivity contribution in [2.24, 2.45) is 11.7 Å². The van der Waals surface area contributed by atoms with Crippen LogP contribution in [0.5, 0.6) is 0 Å². The molecule has 0 spiro atoms. The monoisotopic (exact) mass is 267 g/mol. The maximum Gasteiger partial charge on any atom is 0.445 e. The molecule has 0 saturated heterocycles. The average Bonchev–Trinajstić information content (AvgIpc) is 2.65. The number of nitrogens with one attached hydrogen (secondary N) is 1. The topological polar surface area (TPSA) is 78.9 Å². The van der Waals surface area contributed by atoms with E-state index in [9.17, 15) is 13.2 Å². The molecule has 5 nitrogen and oxygen atoms in total. The fourth-order valence-electron chi connectivity index (χ4n) is 1.07. The third-order valence-corrected chi connectivity index (χ3v) is 3.14. The number of nitrogens with two attached hydrogens (primary N) is 1. The van der Waals surface area contributed by atoms with Crippen LogP contribution in [-0.2, 0) is 6.18 Å². The van der Waals surface area contributed by atoms with Gasteiger partial charge in [-0.1, -0.05) is 18.3 Å². The Morgan fingerprint density at radius 2 is 2.12 bits per heavy atom. The van der Waals surface area contributed by atoms with Crippen LogP contribution in [0.2, 0.25) is 0 Å². The molecule has 0 aliphatic heterocycles. The number of hydrogen-bond acceptors (Lipinski definition) is 5. The van der Waals surface area contributed by atoms with Gasteiger partial charge in [-0.3, -0.25) is 5.41 Å². The molecule has 3 N–H and O–H groups in total. The van der Waals surface area contributed by atoms with Gasteiger partial charge in [0.25, 0.3) is 0 Å². The molecule has 0 fully saturated rings. The number of aromatic nitrogens is 2. The molecule has 17 heavy (non-hydrogen) atoms. The molecule has 1 unspecified atom stereocenters. The zero-order chi connectivity index (χ0) is 13.2. The summed E-state index contributed by atoms with van der Waals surface area (Å²) in [4.78, 5) is 1.50. The van der Waals surface area contributed by atoms with Crippen LogP contribution in [0.3, 0.4) is 0 Å². The minimum Gasteiger partial charge on any atom is -0.387 e. The first-order valence-corrected chi connectivity index (χ1v) is 5.49. The van der Waals surface area contributed by atoms with Gasteiger partial charge in [-0.05, 0) is 0 Å². The summed E-state index contributed by atoms with van der Waals surface area (Å²) in [5.74, 6) is -0.268. The lowest BCUT2D eigenvalue weighted by Crippen LogP contribution is -2.31. The number of rotatable bonds is 4. The molecular formula is C8H12F3N5S. The number of alkyl halides is 3. The second-order valence-electron chi connectivity index (χ2n) is 3.62. The molecule has 1 heterocycles. The van der Waals surface area contributed by atoms with Crippen LogP contribution in [0.25, 0.3) is 0 Å². The van der Waals surface area contributed by atoms with Crippen molar-refractivity contribution in [3.05, 3.63) is 5.01 Å². The number of anilines is 1. The Balaban J connectivity index is 2.74. The Hall–Kier alpha value is -1.38.